The summed E-state index contributed by atoms with van der Waals surface area (Å²) in [5.74, 6) is 0. The molecule has 3 rings (SSSR count). The fraction of sp³-hybridized carbons (Fsp3) is 0. The van der Waals surface area contributed by atoms with Gasteiger partial charge in [-0.15, -0.1) is 0 Å². The topological polar surface area (TPSA) is 24.9 Å². The SMILES string of the molecule is Clc1ccc(-c2cnc(Nc3cc(Cl)cc(Cl)c3)s2)cc1. The molecule has 0 saturated heterocycles. The van der Waals surface area contributed by atoms with Crippen molar-refractivity contribution in [2.75, 3.05) is 5.32 Å². The van der Waals surface area contributed by atoms with Crippen LogP contribution in [0.25, 0.3) is 10.4 Å². The molecule has 2 aromatic carbocycles. The fourth-order valence-electron chi connectivity index (χ4n) is 1.83. The second-order valence-electron chi connectivity index (χ2n) is 4.32. The number of nitrogens with one attached hydrogen (secondary N) is 1. The number of anilines is 2. The lowest BCUT2D eigenvalue weighted by atomic mass is 10.2. The summed E-state index contributed by atoms with van der Waals surface area (Å²) in [6.07, 6.45) is 1.82. The molecule has 3 aromatic rings. The molecule has 0 bridgehead atoms. The first-order valence-corrected chi connectivity index (χ1v) is 8.00. The van der Waals surface area contributed by atoms with Gasteiger partial charge in [0.2, 0.25) is 0 Å². The molecule has 0 fully saturated rings. The van der Waals surface area contributed by atoms with E-state index in [1.807, 2.05) is 30.5 Å². The number of hydrogen-bond donors (Lipinski definition) is 1. The van der Waals surface area contributed by atoms with Crippen LogP contribution >= 0.6 is 46.1 Å². The molecule has 106 valence electrons. The zero-order chi connectivity index (χ0) is 14.8. The third kappa shape index (κ3) is 3.69. The van der Waals surface area contributed by atoms with Crippen LogP contribution in [0.3, 0.4) is 0 Å². The van der Waals surface area contributed by atoms with Gasteiger partial charge in [0, 0.05) is 27.0 Å². The molecule has 0 amide bonds. The van der Waals surface area contributed by atoms with E-state index in [1.54, 1.807) is 29.5 Å². The van der Waals surface area contributed by atoms with Crippen LogP contribution in [0.2, 0.25) is 15.1 Å². The molecule has 21 heavy (non-hydrogen) atoms. The van der Waals surface area contributed by atoms with Gasteiger partial charge < -0.3 is 5.32 Å². The molecule has 6 heteroatoms. The van der Waals surface area contributed by atoms with Crippen molar-refractivity contribution in [3.8, 4) is 10.4 Å². The predicted molar refractivity (Wildman–Crippen MR) is 92.3 cm³/mol. The zero-order valence-electron chi connectivity index (χ0n) is 10.6. The van der Waals surface area contributed by atoms with Gasteiger partial charge in [0.05, 0.1) is 4.88 Å². The number of benzene rings is 2. The Bertz CT molecular complexity index is 749. The summed E-state index contributed by atoms with van der Waals surface area (Å²) in [6, 6.07) is 13.0. The van der Waals surface area contributed by atoms with Gasteiger partial charge in [0.1, 0.15) is 0 Å². The van der Waals surface area contributed by atoms with Gasteiger partial charge in [-0.05, 0) is 35.9 Å². The number of halogens is 3. The first-order valence-electron chi connectivity index (χ1n) is 6.05. The molecule has 1 aromatic heterocycles. The Labute approximate surface area is 141 Å². The highest BCUT2D eigenvalue weighted by molar-refractivity contribution is 7.18. The van der Waals surface area contributed by atoms with Crippen molar-refractivity contribution in [3.05, 3.63) is 63.7 Å². The molecule has 0 spiro atoms. The highest BCUT2D eigenvalue weighted by Crippen LogP contribution is 2.32. The molecule has 0 aliphatic heterocycles. The predicted octanol–water partition coefficient (Wildman–Crippen LogP) is 6.51. The monoisotopic (exact) mass is 354 g/mol. The van der Waals surface area contributed by atoms with E-state index in [4.69, 9.17) is 34.8 Å². The van der Waals surface area contributed by atoms with Gasteiger partial charge >= 0.3 is 0 Å². The van der Waals surface area contributed by atoms with Gasteiger partial charge in [0.25, 0.3) is 0 Å². The Balaban J connectivity index is 1.83. The number of thiazole rings is 1. The average Bonchev–Trinajstić information content (AvgIpc) is 2.87. The van der Waals surface area contributed by atoms with Crippen molar-refractivity contribution in [2.45, 2.75) is 0 Å². The first kappa shape index (κ1) is 14.7. The van der Waals surface area contributed by atoms with Crippen LogP contribution in [0.4, 0.5) is 10.8 Å². The molecule has 2 nitrogen and oxygen atoms in total. The minimum Gasteiger partial charge on any atom is -0.331 e. The van der Waals surface area contributed by atoms with Crippen molar-refractivity contribution in [1.29, 1.82) is 0 Å². The number of hydrogen-bond acceptors (Lipinski definition) is 3. The lowest BCUT2D eigenvalue weighted by Crippen LogP contribution is -1.88. The maximum atomic E-state index is 5.98. The summed E-state index contributed by atoms with van der Waals surface area (Å²) in [5, 5.41) is 5.86. The Hall–Kier alpha value is -1.26. The third-order valence-corrected chi connectivity index (χ3v) is 4.40. The van der Waals surface area contributed by atoms with Crippen molar-refractivity contribution in [3.63, 3.8) is 0 Å². The normalized spacial score (nSPS) is 10.6. The summed E-state index contributed by atoms with van der Waals surface area (Å²) in [7, 11) is 0. The minimum absolute atomic E-state index is 0.583. The molecule has 0 radical (unpaired) electrons. The van der Waals surface area contributed by atoms with Crippen molar-refractivity contribution >= 4 is 57.0 Å². The van der Waals surface area contributed by atoms with Crippen LogP contribution in [-0.2, 0) is 0 Å². The Morgan fingerprint density at radius 3 is 2.19 bits per heavy atom. The first-order chi connectivity index (χ1) is 10.1. The number of rotatable bonds is 3. The fourth-order valence-corrected chi connectivity index (χ4v) is 3.32. The van der Waals surface area contributed by atoms with Gasteiger partial charge in [-0.25, -0.2) is 4.98 Å². The van der Waals surface area contributed by atoms with Crippen LogP contribution in [-0.4, -0.2) is 4.98 Å². The Kier molecular flexibility index (Phi) is 4.36. The van der Waals surface area contributed by atoms with Crippen molar-refractivity contribution in [1.82, 2.24) is 4.98 Å². The highest BCUT2D eigenvalue weighted by atomic mass is 35.5. The largest absolute Gasteiger partial charge is 0.331 e. The van der Waals surface area contributed by atoms with Crippen LogP contribution in [0, 0.1) is 0 Å². The summed E-state index contributed by atoms with van der Waals surface area (Å²) < 4.78 is 0. The maximum absolute atomic E-state index is 5.98. The second-order valence-corrected chi connectivity index (χ2v) is 6.66. The van der Waals surface area contributed by atoms with Crippen molar-refractivity contribution < 1.29 is 0 Å². The molecule has 0 unspecified atom stereocenters. The summed E-state index contributed by atoms with van der Waals surface area (Å²) >= 11 is 19.4. The molecular weight excluding hydrogens is 347 g/mol. The zero-order valence-corrected chi connectivity index (χ0v) is 13.7. The number of nitrogens with zero attached hydrogens (tertiary/aromatic N) is 1. The van der Waals surface area contributed by atoms with Gasteiger partial charge in [-0.2, -0.15) is 0 Å². The Morgan fingerprint density at radius 2 is 1.52 bits per heavy atom. The van der Waals surface area contributed by atoms with Gasteiger partial charge in [0.15, 0.2) is 5.13 Å². The van der Waals surface area contributed by atoms with E-state index >= 15 is 0 Å². The molecule has 0 atom stereocenters. The average molecular weight is 356 g/mol. The minimum atomic E-state index is 0.583. The quantitative estimate of drug-likeness (QED) is 0.579. The maximum Gasteiger partial charge on any atom is 0.187 e. The van der Waals surface area contributed by atoms with Gasteiger partial charge in [-0.1, -0.05) is 58.3 Å². The lowest BCUT2D eigenvalue weighted by Gasteiger charge is -2.03. The lowest BCUT2D eigenvalue weighted by molar-refractivity contribution is 1.39. The van der Waals surface area contributed by atoms with Gasteiger partial charge in [-0.3, -0.25) is 0 Å². The second kappa shape index (κ2) is 6.24. The smallest absolute Gasteiger partial charge is 0.187 e. The molecule has 0 aliphatic rings. The standard InChI is InChI=1S/C15H9Cl3N2S/c16-10-3-1-9(2-4-10)14-8-19-15(21-14)20-13-6-11(17)5-12(18)7-13/h1-8H,(H,19,20). The third-order valence-electron chi connectivity index (χ3n) is 2.75. The molecule has 1 N–H and O–H groups in total. The summed E-state index contributed by atoms with van der Waals surface area (Å²) in [5.41, 5.74) is 1.89. The molecule has 0 saturated carbocycles. The summed E-state index contributed by atoms with van der Waals surface area (Å²) in [6.45, 7) is 0. The van der Waals surface area contributed by atoms with E-state index in [0.717, 1.165) is 26.3 Å². The molecule has 0 aliphatic carbocycles. The van der Waals surface area contributed by atoms with E-state index in [-0.39, 0.29) is 0 Å². The highest BCUT2D eigenvalue weighted by Gasteiger charge is 2.06. The Morgan fingerprint density at radius 1 is 0.857 bits per heavy atom. The molecular formula is C15H9Cl3N2S. The van der Waals surface area contributed by atoms with E-state index in [1.165, 1.54) is 0 Å². The van der Waals surface area contributed by atoms with Crippen LogP contribution in [0.1, 0.15) is 0 Å². The molecule has 1 heterocycles. The number of aromatic nitrogens is 1. The van der Waals surface area contributed by atoms with Crippen LogP contribution in [0.15, 0.2) is 48.7 Å². The van der Waals surface area contributed by atoms with Crippen LogP contribution < -0.4 is 5.32 Å². The van der Waals surface area contributed by atoms with E-state index in [9.17, 15) is 0 Å². The van der Waals surface area contributed by atoms with E-state index in [0.29, 0.717) is 10.0 Å². The van der Waals surface area contributed by atoms with Crippen molar-refractivity contribution in [2.24, 2.45) is 0 Å². The van der Waals surface area contributed by atoms with Crippen LogP contribution in [0.5, 0.6) is 0 Å². The van der Waals surface area contributed by atoms with E-state index < -0.39 is 0 Å². The summed E-state index contributed by atoms with van der Waals surface area (Å²) in [4.78, 5) is 5.42. The van der Waals surface area contributed by atoms with E-state index in [2.05, 4.69) is 10.3 Å².